The summed E-state index contributed by atoms with van der Waals surface area (Å²) < 4.78 is 0. The van der Waals surface area contributed by atoms with Crippen LogP contribution >= 0.6 is 0 Å². The molecule has 8 nitrogen and oxygen atoms in total. The number of amides is 2. The van der Waals surface area contributed by atoms with Crippen LogP contribution in [0.3, 0.4) is 0 Å². The minimum absolute atomic E-state index is 0.0280. The number of nitrogens with one attached hydrogen (secondary N) is 1. The van der Waals surface area contributed by atoms with E-state index in [0.29, 0.717) is 28.9 Å². The zero-order valence-corrected chi connectivity index (χ0v) is 22.0. The molecule has 1 heterocycles. The summed E-state index contributed by atoms with van der Waals surface area (Å²) in [6.45, 7) is 17.4. The van der Waals surface area contributed by atoms with E-state index >= 15 is 0 Å². The molecule has 188 valence electrons. The predicted molar refractivity (Wildman–Crippen MR) is 138 cm³/mol. The van der Waals surface area contributed by atoms with Crippen molar-refractivity contribution in [2.24, 2.45) is 0 Å². The Labute approximate surface area is 206 Å². The molecule has 1 aliphatic heterocycles. The number of carbonyl (C=O) groups is 2. The number of nitro groups is 1. The molecule has 0 fully saturated rings. The number of nitro benzene ring substituents is 1. The lowest BCUT2D eigenvalue weighted by Crippen LogP contribution is -2.35. The molecule has 0 aromatic heterocycles. The third-order valence-corrected chi connectivity index (χ3v) is 6.61. The van der Waals surface area contributed by atoms with Crippen LogP contribution in [0.5, 0.6) is 5.75 Å². The third kappa shape index (κ3) is 4.49. The molecule has 35 heavy (non-hydrogen) atoms. The minimum atomic E-state index is -0.878. The lowest BCUT2D eigenvalue weighted by atomic mass is 9.78. The summed E-state index contributed by atoms with van der Waals surface area (Å²) in [4.78, 5) is 39.2. The average Bonchev–Trinajstić information content (AvgIpc) is 2.90. The van der Waals surface area contributed by atoms with Gasteiger partial charge in [0.2, 0.25) is 5.91 Å². The number of fused-ring (bicyclic) bond motifs is 1. The molecule has 2 aromatic rings. The molecular formula is C27H35N3O5. The van der Waals surface area contributed by atoms with Gasteiger partial charge in [-0.3, -0.25) is 19.7 Å². The van der Waals surface area contributed by atoms with Crippen LogP contribution in [-0.2, 0) is 21.0 Å². The van der Waals surface area contributed by atoms with Crippen molar-refractivity contribution >= 4 is 28.9 Å². The quantitative estimate of drug-likeness (QED) is 0.424. The fourth-order valence-electron chi connectivity index (χ4n) is 4.53. The Balaban J connectivity index is 2.16. The lowest BCUT2D eigenvalue weighted by Gasteiger charge is -2.28. The van der Waals surface area contributed by atoms with E-state index in [1.165, 1.54) is 17.0 Å². The van der Waals surface area contributed by atoms with Gasteiger partial charge < -0.3 is 15.3 Å². The number of phenolic OH excluding ortho intramolecular Hbond substituents is 1. The number of rotatable bonds is 4. The van der Waals surface area contributed by atoms with Crippen LogP contribution in [0, 0.1) is 10.1 Å². The Hall–Kier alpha value is -3.42. The van der Waals surface area contributed by atoms with Crippen LogP contribution in [0.25, 0.3) is 0 Å². The van der Waals surface area contributed by atoms with Crippen LogP contribution < -0.4 is 10.2 Å². The number of benzene rings is 2. The first-order valence-electron chi connectivity index (χ1n) is 11.8. The second kappa shape index (κ2) is 8.36. The molecule has 0 spiro atoms. The van der Waals surface area contributed by atoms with Crippen LogP contribution in [0.15, 0.2) is 24.3 Å². The molecule has 0 saturated heterocycles. The molecule has 2 N–H and O–H groups in total. The van der Waals surface area contributed by atoms with Gasteiger partial charge in [0.1, 0.15) is 11.4 Å². The van der Waals surface area contributed by atoms with E-state index in [1.54, 1.807) is 26.0 Å². The first-order chi connectivity index (χ1) is 15.9. The van der Waals surface area contributed by atoms with Gasteiger partial charge in [0.25, 0.3) is 11.6 Å². The van der Waals surface area contributed by atoms with Gasteiger partial charge >= 0.3 is 0 Å². The van der Waals surface area contributed by atoms with Gasteiger partial charge in [-0.1, -0.05) is 41.5 Å². The predicted octanol–water partition coefficient (Wildman–Crippen LogP) is 5.79. The lowest BCUT2D eigenvalue weighted by molar-refractivity contribution is -0.383. The Morgan fingerprint density at radius 2 is 1.57 bits per heavy atom. The molecule has 1 aliphatic rings. The van der Waals surface area contributed by atoms with Gasteiger partial charge in [-0.25, -0.2) is 0 Å². The SMILES string of the molecule is CCN1C(=O)C(C)(C)c2cc(NC(=O)c3cc(C(C)(C)C)c(O)c(C(C)(C)C)c3)c([N+](=O)[O-])cc21. The van der Waals surface area contributed by atoms with Crippen molar-refractivity contribution in [1.82, 2.24) is 0 Å². The van der Waals surface area contributed by atoms with Crippen molar-refractivity contribution < 1.29 is 19.6 Å². The van der Waals surface area contributed by atoms with E-state index in [9.17, 15) is 24.8 Å². The largest absolute Gasteiger partial charge is 0.507 e. The number of carbonyl (C=O) groups excluding carboxylic acids is 2. The molecule has 2 aromatic carbocycles. The fourth-order valence-corrected chi connectivity index (χ4v) is 4.53. The summed E-state index contributed by atoms with van der Waals surface area (Å²) in [7, 11) is 0. The van der Waals surface area contributed by atoms with Crippen molar-refractivity contribution in [2.75, 3.05) is 16.8 Å². The standard InChI is InChI=1S/C27H35N3O5/c1-10-29-20-14-21(30(34)35)19(13-16(20)27(8,9)24(29)33)28-23(32)15-11-17(25(2,3)4)22(31)18(12-15)26(5,6)7/h11-14,31H,10H2,1-9H3,(H,28,32). The molecular weight excluding hydrogens is 446 g/mol. The van der Waals surface area contributed by atoms with E-state index < -0.39 is 27.1 Å². The fraction of sp³-hybridized carbons (Fsp3) is 0.481. The normalized spacial score (nSPS) is 15.2. The van der Waals surface area contributed by atoms with Crippen molar-refractivity contribution in [2.45, 2.75) is 78.6 Å². The van der Waals surface area contributed by atoms with Crippen molar-refractivity contribution in [3.63, 3.8) is 0 Å². The number of phenols is 1. The van der Waals surface area contributed by atoms with Crippen molar-refractivity contribution in [1.29, 1.82) is 0 Å². The summed E-state index contributed by atoms with van der Waals surface area (Å²) in [6, 6.07) is 6.16. The maximum atomic E-state index is 13.4. The third-order valence-electron chi connectivity index (χ3n) is 6.61. The second-order valence-corrected chi connectivity index (χ2v) is 11.7. The smallest absolute Gasteiger partial charge is 0.294 e. The van der Waals surface area contributed by atoms with Crippen LogP contribution in [0.2, 0.25) is 0 Å². The zero-order valence-electron chi connectivity index (χ0n) is 22.0. The minimum Gasteiger partial charge on any atom is -0.507 e. The second-order valence-electron chi connectivity index (χ2n) is 11.7. The maximum Gasteiger partial charge on any atom is 0.294 e. The number of aromatic hydroxyl groups is 1. The van der Waals surface area contributed by atoms with Gasteiger partial charge in [-0.05, 0) is 55.4 Å². The Kier molecular flexibility index (Phi) is 6.25. The van der Waals surface area contributed by atoms with Gasteiger partial charge in [0, 0.05) is 29.3 Å². The maximum absolute atomic E-state index is 13.4. The summed E-state index contributed by atoms with van der Waals surface area (Å²) >= 11 is 0. The highest BCUT2D eigenvalue weighted by molar-refractivity contribution is 6.10. The molecule has 0 aliphatic carbocycles. The number of anilines is 2. The van der Waals surface area contributed by atoms with Gasteiger partial charge in [-0.15, -0.1) is 0 Å². The molecule has 3 rings (SSSR count). The molecule has 0 radical (unpaired) electrons. The van der Waals surface area contributed by atoms with E-state index in [1.807, 2.05) is 48.5 Å². The highest BCUT2D eigenvalue weighted by Crippen LogP contribution is 2.46. The Bertz CT molecular complexity index is 1200. The Morgan fingerprint density at radius 3 is 2.00 bits per heavy atom. The molecule has 0 bridgehead atoms. The molecule has 2 amide bonds. The van der Waals surface area contributed by atoms with E-state index in [-0.39, 0.29) is 28.6 Å². The summed E-state index contributed by atoms with van der Waals surface area (Å²) in [5.74, 6) is -0.528. The number of hydrogen-bond donors (Lipinski definition) is 2. The number of hydrogen-bond acceptors (Lipinski definition) is 5. The number of nitrogens with zero attached hydrogens (tertiary/aromatic N) is 2. The first kappa shape index (κ1) is 26.2. The van der Waals surface area contributed by atoms with E-state index in [2.05, 4.69) is 5.32 Å². The van der Waals surface area contributed by atoms with Crippen molar-refractivity contribution in [3.05, 3.63) is 56.6 Å². The monoisotopic (exact) mass is 481 g/mol. The highest BCUT2D eigenvalue weighted by atomic mass is 16.6. The summed E-state index contributed by atoms with van der Waals surface area (Å²) in [5, 5.41) is 25.6. The van der Waals surface area contributed by atoms with E-state index in [4.69, 9.17) is 0 Å². The van der Waals surface area contributed by atoms with Gasteiger partial charge in [-0.2, -0.15) is 0 Å². The molecule has 0 atom stereocenters. The van der Waals surface area contributed by atoms with Gasteiger partial charge in [0.15, 0.2) is 0 Å². The van der Waals surface area contributed by atoms with Crippen LogP contribution in [0.4, 0.5) is 17.1 Å². The summed E-state index contributed by atoms with van der Waals surface area (Å²) in [6.07, 6.45) is 0. The molecule has 0 unspecified atom stereocenters. The number of likely N-dealkylation sites (N-methyl/N-ethyl adjacent to an activating group) is 1. The van der Waals surface area contributed by atoms with Crippen molar-refractivity contribution in [3.8, 4) is 5.75 Å². The topological polar surface area (TPSA) is 113 Å². The van der Waals surface area contributed by atoms with Crippen LogP contribution in [0.1, 0.15) is 89.4 Å². The van der Waals surface area contributed by atoms with Gasteiger partial charge in [0.05, 0.1) is 16.0 Å². The summed E-state index contributed by atoms with van der Waals surface area (Å²) in [5.41, 5.74) is 0.626. The van der Waals surface area contributed by atoms with E-state index in [0.717, 1.165) is 0 Å². The average molecular weight is 482 g/mol. The highest BCUT2D eigenvalue weighted by Gasteiger charge is 2.45. The molecule has 0 saturated carbocycles. The Morgan fingerprint density at radius 1 is 1.06 bits per heavy atom. The molecule has 8 heteroatoms. The zero-order chi connectivity index (χ0) is 26.7. The first-order valence-corrected chi connectivity index (χ1v) is 11.8. The van der Waals surface area contributed by atoms with Crippen LogP contribution in [-0.4, -0.2) is 28.4 Å².